The van der Waals surface area contributed by atoms with E-state index in [-0.39, 0.29) is 0 Å². The van der Waals surface area contributed by atoms with Crippen LogP contribution in [0.3, 0.4) is 0 Å². The Bertz CT molecular complexity index is 474. The van der Waals surface area contributed by atoms with E-state index in [9.17, 15) is 0 Å². The maximum absolute atomic E-state index is 5.56. The van der Waals surface area contributed by atoms with E-state index in [2.05, 4.69) is 65.8 Å². The van der Waals surface area contributed by atoms with Gasteiger partial charge in [-0.1, -0.05) is 37.6 Å². The van der Waals surface area contributed by atoms with Crippen molar-refractivity contribution in [2.45, 2.75) is 39.3 Å². The monoisotopic (exact) mass is 334 g/mol. The maximum atomic E-state index is 5.56. The number of nitrogens with zero attached hydrogens (tertiary/aromatic N) is 2. The zero-order valence-electron chi connectivity index (χ0n) is 15.8. The van der Waals surface area contributed by atoms with Gasteiger partial charge in [-0.05, 0) is 38.1 Å². The molecule has 0 aliphatic carbocycles. The molecule has 0 aliphatic rings. The largest absolute Gasteiger partial charge is 0.381 e. The summed E-state index contributed by atoms with van der Waals surface area (Å²) in [6.07, 6.45) is 3.32. The van der Waals surface area contributed by atoms with Crippen molar-refractivity contribution in [1.29, 1.82) is 0 Å². The first-order valence-electron chi connectivity index (χ1n) is 8.90. The van der Waals surface area contributed by atoms with Crippen LogP contribution in [0.2, 0.25) is 0 Å². The van der Waals surface area contributed by atoms with Gasteiger partial charge in [-0.15, -0.1) is 0 Å². The van der Waals surface area contributed by atoms with Gasteiger partial charge in [0.25, 0.3) is 0 Å². The lowest BCUT2D eigenvalue weighted by Crippen LogP contribution is -2.37. The van der Waals surface area contributed by atoms with Crippen LogP contribution in [-0.4, -0.2) is 51.8 Å². The van der Waals surface area contributed by atoms with E-state index in [0.29, 0.717) is 0 Å². The van der Waals surface area contributed by atoms with E-state index in [0.717, 1.165) is 51.6 Å². The Morgan fingerprint density at radius 3 is 2.58 bits per heavy atom. The fourth-order valence-corrected chi connectivity index (χ4v) is 2.34. The molecule has 0 amide bonds. The first-order valence-corrected chi connectivity index (χ1v) is 8.90. The van der Waals surface area contributed by atoms with Crippen molar-refractivity contribution < 1.29 is 4.74 Å². The highest BCUT2D eigenvalue weighted by molar-refractivity contribution is 5.79. The van der Waals surface area contributed by atoms with Gasteiger partial charge >= 0.3 is 0 Å². The van der Waals surface area contributed by atoms with Crippen LogP contribution in [0.5, 0.6) is 0 Å². The summed E-state index contributed by atoms with van der Waals surface area (Å²) >= 11 is 0. The maximum Gasteiger partial charge on any atom is 0.191 e. The number of aliphatic imine (C=N–C) groups is 1. The summed E-state index contributed by atoms with van der Waals surface area (Å²) in [5.41, 5.74) is 2.59. The van der Waals surface area contributed by atoms with Gasteiger partial charge in [0.2, 0.25) is 0 Å². The highest BCUT2D eigenvalue weighted by Crippen LogP contribution is 2.06. The van der Waals surface area contributed by atoms with E-state index in [1.807, 2.05) is 0 Å². The fraction of sp³-hybridized carbons (Fsp3) is 0.632. The van der Waals surface area contributed by atoms with Crippen LogP contribution >= 0.6 is 0 Å². The average molecular weight is 335 g/mol. The average Bonchev–Trinajstić information content (AvgIpc) is 2.56. The molecule has 0 radical (unpaired) electrons. The summed E-state index contributed by atoms with van der Waals surface area (Å²) < 4.78 is 5.56. The van der Waals surface area contributed by atoms with Crippen molar-refractivity contribution >= 4 is 5.96 Å². The first kappa shape index (κ1) is 20.5. The van der Waals surface area contributed by atoms with Crippen LogP contribution in [0.15, 0.2) is 29.3 Å². The zero-order valence-corrected chi connectivity index (χ0v) is 15.8. The molecular formula is C19H34N4O. The molecule has 136 valence electrons. The van der Waals surface area contributed by atoms with Crippen molar-refractivity contribution in [2.24, 2.45) is 4.99 Å². The molecule has 0 heterocycles. The minimum atomic E-state index is 0.772. The second kappa shape index (κ2) is 12.8. The van der Waals surface area contributed by atoms with E-state index in [4.69, 9.17) is 4.74 Å². The van der Waals surface area contributed by atoms with Crippen molar-refractivity contribution in [3.63, 3.8) is 0 Å². The first-order chi connectivity index (χ1) is 11.7. The van der Waals surface area contributed by atoms with Crippen molar-refractivity contribution in [2.75, 3.05) is 40.9 Å². The molecule has 0 saturated heterocycles. The Morgan fingerprint density at radius 1 is 1.12 bits per heavy atom. The molecule has 1 aromatic carbocycles. The molecule has 1 aromatic rings. The predicted octanol–water partition coefficient (Wildman–Crippen LogP) is 2.62. The van der Waals surface area contributed by atoms with Gasteiger partial charge in [-0.2, -0.15) is 0 Å². The number of unbranched alkanes of at least 4 members (excludes halogenated alkanes) is 1. The molecule has 2 N–H and O–H groups in total. The van der Waals surface area contributed by atoms with Crippen molar-refractivity contribution in [3.8, 4) is 0 Å². The second-order valence-electron chi connectivity index (χ2n) is 6.23. The van der Waals surface area contributed by atoms with Crippen molar-refractivity contribution in [3.05, 3.63) is 35.4 Å². The number of ether oxygens (including phenoxy) is 1. The zero-order chi connectivity index (χ0) is 17.6. The number of nitrogens with one attached hydrogen (secondary N) is 2. The summed E-state index contributed by atoms with van der Waals surface area (Å²) in [4.78, 5) is 6.44. The Labute approximate surface area is 147 Å². The number of benzene rings is 1. The topological polar surface area (TPSA) is 48.9 Å². The molecule has 0 atom stereocenters. The minimum Gasteiger partial charge on any atom is -0.381 e. The predicted molar refractivity (Wildman–Crippen MR) is 102 cm³/mol. The van der Waals surface area contributed by atoms with E-state index < -0.39 is 0 Å². The Balaban J connectivity index is 2.26. The summed E-state index contributed by atoms with van der Waals surface area (Å²) in [6.45, 7) is 6.44. The highest BCUT2D eigenvalue weighted by Gasteiger charge is 2.00. The molecule has 0 aromatic heterocycles. The normalized spacial score (nSPS) is 11.8. The number of rotatable bonds is 11. The standard InChI is InChI=1S/C19H34N4O/c1-5-6-12-24-13-8-11-21-19(20-2)22-15-17-9-7-10-18(14-17)16-23(3)4/h7,9-10,14H,5-6,8,11-13,15-16H2,1-4H3,(H2,20,21,22). The van der Waals surface area contributed by atoms with Crippen LogP contribution in [0, 0.1) is 0 Å². The third-order valence-electron chi connectivity index (χ3n) is 3.57. The summed E-state index contributed by atoms with van der Waals surface area (Å²) in [5.74, 6) is 0.835. The third-order valence-corrected chi connectivity index (χ3v) is 3.57. The fourth-order valence-electron chi connectivity index (χ4n) is 2.34. The molecule has 0 bridgehead atoms. The van der Waals surface area contributed by atoms with Gasteiger partial charge in [0.05, 0.1) is 0 Å². The lowest BCUT2D eigenvalue weighted by Gasteiger charge is -2.14. The van der Waals surface area contributed by atoms with Gasteiger partial charge < -0.3 is 20.3 Å². The molecule has 1 rings (SSSR count). The van der Waals surface area contributed by atoms with Crippen LogP contribution in [0.1, 0.15) is 37.3 Å². The highest BCUT2D eigenvalue weighted by atomic mass is 16.5. The van der Waals surface area contributed by atoms with Gasteiger partial charge in [-0.3, -0.25) is 4.99 Å². The Hall–Kier alpha value is -1.59. The second-order valence-corrected chi connectivity index (χ2v) is 6.23. The number of hydrogen-bond acceptors (Lipinski definition) is 3. The molecule has 5 heteroatoms. The van der Waals surface area contributed by atoms with Gasteiger partial charge in [-0.25, -0.2) is 0 Å². The molecule has 0 spiro atoms. The smallest absolute Gasteiger partial charge is 0.191 e. The molecule has 0 unspecified atom stereocenters. The number of guanidine groups is 1. The molecule has 0 saturated carbocycles. The molecule has 24 heavy (non-hydrogen) atoms. The van der Waals surface area contributed by atoms with Crippen LogP contribution in [0.4, 0.5) is 0 Å². The third kappa shape index (κ3) is 9.53. The van der Waals surface area contributed by atoms with Crippen LogP contribution in [0.25, 0.3) is 0 Å². The van der Waals surface area contributed by atoms with E-state index >= 15 is 0 Å². The Kier molecular flexibility index (Phi) is 10.9. The van der Waals surface area contributed by atoms with Gasteiger partial charge in [0.1, 0.15) is 0 Å². The van der Waals surface area contributed by atoms with Crippen molar-refractivity contribution in [1.82, 2.24) is 15.5 Å². The van der Waals surface area contributed by atoms with E-state index in [1.54, 1.807) is 7.05 Å². The summed E-state index contributed by atoms with van der Waals surface area (Å²) in [5, 5.41) is 6.69. The SMILES string of the molecule is CCCCOCCCNC(=NC)NCc1cccc(CN(C)C)c1. The van der Waals surface area contributed by atoms with Crippen LogP contribution in [-0.2, 0) is 17.8 Å². The lowest BCUT2D eigenvalue weighted by molar-refractivity contribution is 0.129. The lowest BCUT2D eigenvalue weighted by atomic mass is 10.1. The van der Waals surface area contributed by atoms with E-state index in [1.165, 1.54) is 17.5 Å². The van der Waals surface area contributed by atoms with Crippen LogP contribution < -0.4 is 10.6 Å². The molecule has 0 aliphatic heterocycles. The minimum absolute atomic E-state index is 0.772. The molecular weight excluding hydrogens is 300 g/mol. The summed E-state index contributed by atoms with van der Waals surface area (Å²) in [6, 6.07) is 8.65. The van der Waals surface area contributed by atoms with Gasteiger partial charge in [0, 0.05) is 39.9 Å². The molecule has 0 fully saturated rings. The molecule has 5 nitrogen and oxygen atoms in total. The summed E-state index contributed by atoms with van der Waals surface area (Å²) in [7, 11) is 5.97. The number of hydrogen-bond donors (Lipinski definition) is 2. The Morgan fingerprint density at radius 2 is 1.88 bits per heavy atom. The van der Waals surface area contributed by atoms with Gasteiger partial charge in [0.15, 0.2) is 5.96 Å². The quantitative estimate of drug-likeness (QED) is 0.371.